The summed E-state index contributed by atoms with van der Waals surface area (Å²) in [6.07, 6.45) is 0. The summed E-state index contributed by atoms with van der Waals surface area (Å²) in [4.78, 5) is 27.4. The molecule has 0 saturated heterocycles. The fraction of sp³-hybridized carbons (Fsp3) is 0.0769. The van der Waals surface area contributed by atoms with Gasteiger partial charge in [0, 0.05) is 33.8 Å². The van der Waals surface area contributed by atoms with Crippen LogP contribution < -0.4 is 10.2 Å². The number of nitrogens with one attached hydrogen (secondary N) is 1. The van der Waals surface area contributed by atoms with Gasteiger partial charge in [0.2, 0.25) is 0 Å². The van der Waals surface area contributed by atoms with Gasteiger partial charge in [-0.1, -0.05) is 54.1 Å². The lowest BCUT2D eigenvalue weighted by atomic mass is 10.1. The highest BCUT2D eigenvalue weighted by atomic mass is 35.5. The van der Waals surface area contributed by atoms with Crippen LogP contribution in [0, 0.1) is 0 Å². The smallest absolute Gasteiger partial charge is 0.258 e. The monoisotopic (exact) mass is 428 g/mol. The first-order valence-electron chi connectivity index (χ1n) is 10.0. The Balaban J connectivity index is 1.55. The van der Waals surface area contributed by atoms with E-state index in [1.165, 1.54) is 0 Å². The van der Waals surface area contributed by atoms with Crippen molar-refractivity contribution in [2.24, 2.45) is 0 Å². The number of carbonyl (C=O) groups is 2. The molecule has 4 aromatic rings. The van der Waals surface area contributed by atoms with E-state index >= 15 is 0 Å². The van der Waals surface area contributed by atoms with Gasteiger partial charge in [0.1, 0.15) is 0 Å². The Kier molecular flexibility index (Phi) is 6.01. The van der Waals surface area contributed by atoms with E-state index in [9.17, 15) is 9.59 Å². The molecule has 0 fully saturated rings. The predicted octanol–water partition coefficient (Wildman–Crippen LogP) is 6.41. The van der Waals surface area contributed by atoms with Crippen LogP contribution in [0.2, 0.25) is 5.02 Å². The van der Waals surface area contributed by atoms with Crippen molar-refractivity contribution in [1.29, 1.82) is 0 Å². The van der Waals surface area contributed by atoms with Gasteiger partial charge < -0.3 is 10.2 Å². The third kappa shape index (κ3) is 4.44. The number of anilines is 2. The van der Waals surface area contributed by atoms with Crippen LogP contribution in [0.3, 0.4) is 0 Å². The maximum absolute atomic E-state index is 13.2. The summed E-state index contributed by atoms with van der Waals surface area (Å²) in [7, 11) is 0. The fourth-order valence-corrected chi connectivity index (χ4v) is 3.74. The Hall–Kier alpha value is -3.63. The molecule has 5 heteroatoms. The minimum absolute atomic E-state index is 0.0911. The number of carbonyl (C=O) groups excluding carboxylic acids is 2. The molecule has 0 saturated carbocycles. The van der Waals surface area contributed by atoms with Crippen molar-refractivity contribution in [3.63, 3.8) is 0 Å². The number of halogens is 1. The number of hydrogen-bond acceptors (Lipinski definition) is 2. The zero-order valence-electron chi connectivity index (χ0n) is 17.0. The first-order valence-corrected chi connectivity index (χ1v) is 10.4. The van der Waals surface area contributed by atoms with E-state index in [1.54, 1.807) is 53.4 Å². The molecule has 0 radical (unpaired) electrons. The van der Waals surface area contributed by atoms with Crippen molar-refractivity contribution in [1.82, 2.24) is 0 Å². The Bertz CT molecular complexity index is 1250. The average Bonchev–Trinajstić information content (AvgIpc) is 2.80. The van der Waals surface area contributed by atoms with Crippen LogP contribution in [0.25, 0.3) is 10.8 Å². The maximum Gasteiger partial charge on any atom is 0.258 e. The maximum atomic E-state index is 13.2. The fourth-order valence-electron chi connectivity index (χ4n) is 3.55. The summed E-state index contributed by atoms with van der Waals surface area (Å²) in [5.41, 5.74) is 2.51. The molecule has 4 rings (SSSR count). The standard InChI is InChI=1S/C26H21ClN2O2/c1-2-29(24-12-6-8-18-7-3-4-11-23(18)24)26(31)19-13-15-22(16-14-19)28-25(30)20-9-5-10-21(27)17-20/h3-17H,2H2,1H3,(H,28,30). The molecule has 0 aromatic heterocycles. The molecule has 31 heavy (non-hydrogen) atoms. The summed E-state index contributed by atoms with van der Waals surface area (Å²) in [6.45, 7) is 2.50. The molecule has 4 aromatic carbocycles. The Morgan fingerprint density at radius 2 is 1.55 bits per heavy atom. The zero-order valence-corrected chi connectivity index (χ0v) is 17.8. The van der Waals surface area contributed by atoms with Crippen molar-refractivity contribution in [2.75, 3.05) is 16.8 Å². The van der Waals surface area contributed by atoms with Gasteiger partial charge in [0.05, 0.1) is 5.69 Å². The number of rotatable bonds is 5. The van der Waals surface area contributed by atoms with Crippen molar-refractivity contribution >= 4 is 45.6 Å². The first kappa shape index (κ1) is 20.6. The number of benzene rings is 4. The van der Waals surface area contributed by atoms with Gasteiger partial charge in [-0.15, -0.1) is 0 Å². The van der Waals surface area contributed by atoms with Crippen LogP contribution >= 0.6 is 11.6 Å². The second kappa shape index (κ2) is 9.02. The molecule has 0 unspecified atom stereocenters. The molecule has 0 aliphatic carbocycles. The molecule has 0 atom stereocenters. The molecule has 154 valence electrons. The third-order valence-electron chi connectivity index (χ3n) is 5.10. The topological polar surface area (TPSA) is 49.4 Å². The quantitative estimate of drug-likeness (QED) is 0.399. The number of fused-ring (bicyclic) bond motifs is 1. The number of hydrogen-bond donors (Lipinski definition) is 1. The molecule has 0 aliphatic rings. The van der Waals surface area contributed by atoms with E-state index in [-0.39, 0.29) is 11.8 Å². The Labute approximate surface area is 186 Å². The molecular weight excluding hydrogens is 408 g/mol. The van der Waals surface area contributed by atoms with Crippen molar-refractivity contribution < 1.29 is 9.59 Å². The van der Waals surface area contributed by atoms with Gasteiger partial charge in [-0.2, -0.15) is 0 Å². The molecule has 0 spiro atoms. The molecule has 0 heterocycles. The van der Waals surface area contributed by atoms with E-state index in [1.807, 2.05) is 49.4 Å². The van der Waals surface area contributed by atoms with E-state index < -0.39 is 0 Å². The first-order chi connectivity index (χ1) is 15.1. The number of amides is 2. The lowest BCUT2D eigenvalue weighted by Crippen LogP contribution is -2.30. The van der Waals surface area contributed by atoms with Gasteiger partial charge in [-0.05, 0) is 60.8 Å². The highest BCUT2D eigenvalue weighted by Gasteiger charge is 2.18. The summed E-state index contributed by atoms with van der Waals surface area (Å²) >= 11 is 5.96. The molecular formula is C26H21ClN2O2. The lowest BCUT2D eigenvalue weighted by Gasteiger charge is -2.23. The normalized spacial score (nSPS) is 10.6. The second-order valence-electron chi connectivity index (χ2n) is 7.09. The van der Waals surface area contributed by atoms with Crippen LogP contribution in [0.15, 0.2) is 91.0 Å². The van der Waals surface area contributed by atoms with Crippen molar-refractivity contribution in [3.05, 3.63) is 107 Å². The van der Waals surface area contributed by atoms with Gasteiger partial charge in [-0.3, -0.25) is 9.59 Å². The van der Waals surface area contributed by atoms with Crippen molar-refractivity contribution in [2.45, 2.75) is 6.92 Å². The highest BCUT2D eigenvalue weighted by Crippen LogP contribution is 2.28. The molecule has 4 nitrogen and oxygen atoms in total. The van der Waals surface area contributed by atoms with Crippen molar-refractivity contribution in [3.8, 4) is 0 Å². The van der Waals surface area contributed by atoms with Gasteiger partial charge in [0.25, 0.3) is 11.8 Å². The summed E-state index contributed by atoms with van der Waals surface area (Å²) in [5, 5.41) is 5.45. The predicted molar refractivity (Wildman–Crippen MR) is 127 cm³/mol. The van der Waals surface area contributed by atoms with Gasteiger partial charge in [-0.25, -0.2) is 0 Å². The molecule has 1 N–H and O–H groups in total. The molecule has 0 aliphatic heterocycles. The van der Waals surface area contributed by atoms with Crippen LogP contribution in [-0.4, -0.2) is 18.4 Å². The summed E-state index contributed by atoms with van der Waals surface area (Å²) in [6, 6.07) is 27.6. The molecule has 0 bridgehead atoms. The lowest BCUT2D eigenvalue weighted by molar-refractivity contribution is 0.0987. The van der Waals surface area contributed by atoms with Crippen LogP contribution in [0.5, 0.6) is 0 Å². The van der Waals surface area contributed by atoms with Crippen LogP contribution in [-0.2, 0) is 0 Å². The van der Waals surface area contributed by atoms with Crippen LogP contribution in [0.1, 0.15) is 27.6 Å². The second-order valence-corrected chi connectivity index (χ2v) is 7.53. The third-order valence-corrected chi connectivity index (χ3v) is 5.33. The van der Waals surface area contributed by atoms with Gasteiger partial charge >= 0.3 is 0 Å². The highest BCUT2D eigenvalue weighted by molar-refractivity contribution is 6.31. The van der Waals surface area contributed by atoms with E-state index in [0.29, 0.717) is 28.4 Å². The Morgan fingerprint density at radius 1 is 0.839 bits per heavy atom. The zero-order chi connectivity index (χ0) is 21.8. The van der Waals surface area contributed by atoms with E-state index in [4.69, 9.17) is 11.6 Å². The molecule has 2 amide bonds. The Morgan fingerprint density at radius 3 is 2.29 bits per heavy atom. The average molecular weight is 429 g/mol. The van der Waals surface area contributed by atoms with E-state index in [2.05, 4.69) is 5.32 Å². The van der Waals surface area contributed by atoms with Crippen LogP contribution in [0.4, 0.5) is 11.4 Å². The van der Waals surface area contributed by atoms with Gasteiger partial charge in [0.15, 0.2) is 0 Å². The minimum Gasteiger partial charge on any atom is -0.322 e. The van der Waals surface area contributed by atoms with E-state index in [0.717, 1.165) is 16.5 Å². The number of nitrogens with zero attached hydrogens (tertiary/aromatic N) is 1. The minimum atomic E-state index is -0.257. The summed E-state index contributed by atoms with van der Waals surface area (Å²) in [5.74, 6) is -0.348. The SMILES string of the molecule is CCN(C(=O)c1ccc(NC(=O)c2cccc(Cl)c2)cc1)c1cccc2ccccc12. The summed E-state index contributed by atoms with van der Waals surface area (Å²) < 4.78 is 0. The largest absolute Gasteiger partial charge is 0.322 e.